The second kappa shape index (κ2) is 7.04. The molecule has 1 aromatic carbocycles. The third-order valence-electron chi connectivity index (χ3n) is 3.62. The topological polar surface area (TPSA) is 58.4 Å². The van der Waals surface area contributed by atoms with Crippen LogP contribution in [0.4, 0.5) is 5.69 Å². The zero-order chi connectivity index (χ0) is 14.4. The molecule has 0 atom stereocenters. The van der Waals surface area contributed by atoms with Crippen molar-refractivity contribution in [2.24, 2.45) is 0 Å². The maximum absolute atomic E-state index is 10.7. The quantitative estimate of drug-likeness (QED) is 0.505. The first-order valence-corrected chi connectivity index (χ1v) is 6.81. The van der Waals surface area contributed by atoms with Gasteiger partial charge in [0, 0.05) is 37.8 Å². The molecule has 106 valence electrons. The van der Waals surface area contributed by atoms with Crippen LogP contribution in [0.1, 0.15) is 18.4 Å². The lowest BCUT2D eigenvalue weighted by atomic mass is 10.0. The second-order valence-corrected chi connectivity index (χ2v) is 5.06. The Balaban J connectivity index is 1.80. The van der Waals surface area contributed by atoms with E-state index in [1.807, 2.05) is 6.07 Å². The lowest BCUT2D eigenvalue weighted by Gasteiger charge is -2.31. The third-order valence-corrected chi connectivity index (χ3v) is 3.62. The van der Waals surface area contributed by atoms with E-state index in [9.17, 15) is 10.1 Å². The summed E-state index contributed by atoms with van der Waals surface area (Å²) in [5, 5.41) is 14.2. The van der Waals surface area contributed by atoms with Gasteiger partial charge in [-0.3, -0.25) is 15.0 Å². The molecule has 5 nitrogen and oxygen atoms in total. The molecule has 0 radical (unpaired) electrons. The summed E-state index contributed by atoms with van der Waals surface area (Å²) < 4.78 is 0. The Labute approximate surface area is 119 Å². The number of hydrogen-bond donors (Lipinski definition) is 1. The first kappa shape index (κ1) is 14.5. The van der Waals surface area contributed by atoms with Crippen LogP contribution in [0.15, 0.2) is 24.3 Å². The molecule has 1 aliphatic heterocycles. The molecule has 20 heavy (non-hydrogen) atoms. The number of likely N-dealkylation sites (tertiary alicyclic amines) is 1. The van der Waals surface area contributed by atoms with E-state index in [4.69, 9.17) is 6.42 Å². The molecule has 0 amide bonds. The fourth-order valence-electron chi connectivity index (χ4n) is 2.47. The summed E-state index contributed by atoms with van der Waals surface area (Å²) in [4.78, 5) is 12.6. The molecular weight excluding hydrogens is 254 g/mol. The SMILES string of the molecule is C#CCN1CCC(NCc2cccc([N+](=O)[O-])c2)CC1. The van der Waals surface area contributed by atoms with Gasteiger partial charge >= 0.3 is 0 Å². The zero-order valence-electron chi connectivity index (χ0n) is 11.4. The van der Waals surface area contributed by atoms with Gasteiger partial charge in [0.25, 0.3) is 5.69 Å². The van der Waals surface area contributed by atoms with Gasteiger partial charge < -0.3 is 5.32 Å². The van der Waals surface area contributed by atoms with Crippen molar-refractivity contribution in [3.05, 3.63) is 39.9 Å². The molecule has 0 unspecified atom stereocenters. The summed E-state index contributed by atoms with van der Waals surface area (Å²) in [5.41, 5.74) is 1.10. The first-order valence-electron chi connectivity index (χ1n) is 6.81. The number of hydrogen-bond acceptors (Lipinski definition) is 4. The molecule has 5 heteroatoms. The van der Waals surface area contributed by atoms with E-state index in [0.29, 0.717) is 12.6 Å². The van der Waals surface area contributed by atoms with Gasteiger partial charge in [0.15, 0.2) is 0 Å². The predicted molar refractivity (Wildman–Crippen MR) is 78.2 cm³/mol. The lowest BCUT2D eigenvalue weighted by Crippen LogP contribution is -2.42. The molecule has 0 bridgehead atoms. The highest BCUT2D eigenvalue weighted by Gasteiger charge is 2.18. The maximum atomic E-state index is 10.7. The van der Waals surface area contributed by atoms with Crippen LogP contribution < -0.4 is 5.32 Å². The molecule has 0 aliphatic carbocycles. The lowest BCUT2D eigenvalue weighted by molar-refractivity contribution is -0.384. The van der Waals surface area contributed by atoms with Crippen molar-refractivity contribution in [3.63, 3.8) is 0 Å². The van der Waals surface area contributed by atoms with Crippen LogP contribution in [-0.2, 0) is 6.54 Å². The van der Waals surface area contributed by atoms with Gasteiger partial charge in [-0.2, -0.15) is 0 Å². The third kappa shape index (κ3) is 4.05. The van der Waals surface area contributed by atoms with Crippen molar-refractivity contribution >= 4 is 5.69 Å². The van der Waals surface area contributed by atoms with E-state index in [-0.39, 0.29) is 10.6 Å². The minimum absolute atomic E-state index is 0.146. The van der Waals surface area contributed by atoms with Gasteiger partial charge in [-0.05, 0) is 18.4 Å². The van der Waals surface area contributed by atoms with Crippen molar-refractivity contribution < 1.29 is 4.92 Å². The van der Waals surface area contributed by atoms with Crippen LogP contribution in [0.3, 0.4) is 0 Å². The van der Waals surface area contributed by atoms with Gasteiger partial charge in [0.2, 0.25) is 0 Å². The fraction of sp³-hybridized carbons (Fsp3) is 0.467. The Morgan fingerprint density at radius 1 is 1.45 bits per heavy atom. The molecule has 1 heterocycles. The Morgan fingerprint density at radius 2 is 2.20 bits per heavy atom. The normalized spacial score (nSPS) is 16.8. The molecule has 1 N–H and O–H groups in total. The summed E-state index contributed by atoms with van der Waals surface area (Å²) in [7, 11) is 0. The number of non-ortho nitro benzene ring substituents is 1. The summed E-state index contributed by atoms with van der Waals surface area (Å²) >= 11 is 0. The molecule has 0 spiro atoms. The Hall–Kier alpha value is -1.90. The number of nitrogens with one attached hydrogen (secondary N) is 1. The van der Waals surface area contributed by atoms with Gasteiger partial charge in [-0.15, -0.1) is 6.42 Å². The average Bonchev–Trinajstić information content (AvgIpc) is 2.47. The van der Waals surface area contributed by atoms with Crippen LogP contribution >= 0.6 is 0 Å². The molecule has 1 saturated heterocycles. The minimum atomic E-state index is -0.359. The van der Waals surface area contributed by atoms with E-state index in [0.717, 1.165) is 38.0 Å². The van der Waals surface area contributed by atoms with Crippen LogP contribution in [0.25, 0.3) is 0 Å². The number of benzene rings is 1. The van der Waals surface area contributed by atoms with Crippen molar-refractivity contribution in [1.29, 1.82) is 0 Å². The number of nitrogens with zero attached hydrogens (tertiary/aromatic N) is 2. The van der Waals surface area contributed by atoms with Crippen LogP contribution in [0, 0.1) is 22.5 Å². The van der Waals surface area contributed by atoms with E-state index < -0.39 is 0 Å². The highest BCUT2D eigenvalue weighted by molar-refractivity contribution is 5.34. The smallest absolute Gasteiger partial charge is 0.269 e. The predicted octanol–water partition coefficient (Wildman–Crippen LogP) is 1.78. The minimum Gasteiger partial charge on any atom is -0.310 e. The number of terminal acetylenes is 1. The van der Waals surface area contributed by atoms with Gasteiger partial charge in [0.05, 0.1) is 11.5 Å². The van der Waals surface area contributed by atoms with Crippen molar-refractivity contribution in [3.8, 4) is 12.3 Å². The largest absolute Gasteiger partial charge is 0.310 e. The number of nitro groups is 1. The number of rotatable bonds is 5. The maximum Gasteiger partial charge on any atom is 0.269 e. The van der Waals surface area contributed by atoms with Crippen molar-refractivity contribution in [1.82, 2.24) is 10.2 Å². The van der Waals surface area contributed by atoms with Gasteiger partial charge in [0.1, 0.15) is 0 Å². The number of piperidine rings is 1. The standard InChI is InChI=1S/C15H19N3O2/c1-2-8-17-9-6-14(7-10-17)16-12-13-4-3-5-15(11-13)18(19)20/h1,3-5,11,14,16H,6-10,12H2. The molecule has 0 aromatic heterocycles. The second-order valence-electron chi connectivity index (χ2n) is 5.06. The molecular formula is C15H19N3O2. The zero-order valence-corrected chi connectivity index (χ0v) is 11.4. The highest BCUT2D eigenvalue weighted by Crippen LogP contribution is 2.14. The molecule has 1 fully saturated rings. The van der Waals surface area contributed by atoms with E-state index >= 15 is 0 Å². The summed E-state index contributed by atoms with van der Waals surface area (Å²) in [6, 6.07) is 7.24. The first-order chi connectivity index (χ1) is 9.69. The highest BCUT2D eigenvalue weighted by atomic mass is 16.6. The fourth-order valence-corrected chi connectivity index (χ4v) is 2.47. The van der Waals surface area contributed by atoms with Gasteiger partial charge in [-0.25, -0.2) is 0 Å². The van der Waals surface area contributed by atoms with E-state index in [2.05, 4.69) is 16.1 Å². The Kier molecular flexibility index (Phi) is 5.10. The van der Waals surface area contributed by atoms with Crippen molar-refractivity contribution in [2.75, 3.05) is 19.6 Å². The molecule has 2 rings (SSSR count). The molecule has 0 saturated carbocycles. The van der Waals surface area contributed by atoms with E-state index in [1.165, 1.54) is 6.07 Å². The monoisotopic (exact) mass is 273 g/mol. The Morgan fingerprint density at radius 3 is 2.85 bits per heavy atom. The summed E-state index contributed by atoms with van der Waals surface area (Å²) in [6.45, 7) is 3.41. The van der Waals surface area contributed by atoms with Crippen LogP contribution in [-0.4, -0.2) is 35.5 Å². The van der Waals surface area contributed by atoms with Crippen LogP contribution in [0.2, 0.25) is 0 Å². The summed E-state index contributed by atoms with van der Waals surface area (Å²) in [6.07, 6.45) is 7.44. The summed E-state index contributed by atoms with van der Waals surface area (Å²) in [5.74, 6) is 2.67. The molecule has 1 aromatic rings. The average molecular weight is 273 g/mol. The Bertz CT molecular complexity index is 502. The van der Waals surface area contributed by atoms with Gasteiger partial charge in [-0.1, -0.05) is 18.1 Å². The van der Waals surface area contributed by atoms with Crippen molar-refractivity contribution in [2.45, 2.75) is 25.4 Å². The van der Waals surface area contributed by atoms with Crippen LogP contribution in [0.5, 0.6) is 0 Å². The number of nitro benzene ring substituents is 1. The van der Waals surface area contributed by atoms with E-state index in [1.54, 1.807) is 12.1 Å². The molecule has 1 aliphatic rings.